The highest BCUT2D eigenvalue weighted by Gasteiger charge is 2.31. The zero-order valence-electron chi connectivity index (χ0n) is 21.5. The Morgan fingerprint density at radius 3 is 2.49 bits per heavy atom. The lowest BCUT2D eigenvalue weighted by Crippen LogP contribution is -2.35. The molecular formula is C25H37N5O4Si. The Morgan fingerprint density at radius 2 is 1.86 bits per heavy atom. The molecule has 9 nitrogen and oxygen atoms in total. The van der Waals surface area contributed by atoms with E-state index in [0.717, 1.165) is 18.2 Å². The number of carboxylic acid groups (broad SMARTS) is 1. The minimum absolute atomic E-state index is 0.0549. The smallest absolute Gasteiger partial charge is 0.339 e. The van der Waals surface area contributed by atoms with Crippen LogP contribution < -0.4 is 4.74 Å². The summed E-state index contributed by atoms with van der Waals surface area (Å²) >= 11 is 0. The van der Waals surface area contributed by atoms with Crippen LogP contribution >= 0.6 is 0 Å². The molecule has 2 aromatic heterocycles. The van der Waals surface area contributed by atoms with Crippen LogP contribution in [0.5, 0.6) is 5.88 Å². The molecular weight excluding hydrogens is 462 g/mol. The molecule has 0 aliphatic rings. The Labute approximate surface area is 208 Å². The van der Waals surface area contributed by atoms with E-state index in [9.17, 15) is 9.90 Å². The van der Waals surface area contributed by atoms with E-state index in [1.165, 1.54) is 6.33 Å². The molecule has 3 rings (SSSR count). The van der Waals surface area contributed by atoms with Crippen LogP contribution in [0.4, 0.5) is 0 Å². The average Bonchev–Trinajstić information content (AvgIpc) is 3.28. The largest absolute Gasteiger partial charge is 0.478 e. The first kappa shape index (κ1) is 26.8. The van der Waals surface area contributed by atoms with Crippen molar-refractivity contribution in [3.63, 3.8) is 0 Å². The van der Waals surface area contributed by atoms with Gasteiger partial charge in [-0.2, -0.15) is 0 Å². The molecule has 0 amide bonds. The van der Waals surface area contributed by atoms with Gasteiger partial charge in [-0.15, -0.1) is 0 Å². The topological polar surface area (TPSA) is 104 Å². The number of imidazole rings is 1. The number of pyridine rings is 1. The molecule has 0 aliphatic carbocycles. The molecule has 1 aromatic carbocycles. The Hall–Kier alpha value is -2.79. The molecule has 0 radical (unpaired) electrons. The third-order valence-corrected chi connectivity index (χ3v) is 7.37. The van der Waals surface area contributed by atoms with Gasteiger partial charge in [-0.05, 0) is 32.8 Å². The van der Waals surface area contributed by atoms with Gasteiger partial charge in [0.1, 0.15) is 17.9 Å². The maximum absolute atomic E-state index is 12.4. The van der Waals surface area contributed by atoms with Crippen LogP contribution in [-0.2, 0) is 11.3 Å². The maximum Gasteiger partial charge on any atom is 0.339 e. The summed E-state index contributed by atoms with van der Waals surface area (Å²) in [6.07, 6.45) is 0.818. The zero-order chi connectivity index (χ0) is 25.6. The van der Waals surface area contributed by atoms with Crippen molar-refractivity contribution in [2.45, 2.75) is 38.5 Å². The number of aromatic carboxylic acids is 1. The van der Waals surface area contributed by atoms with Crippen molar-refractivity contribution in [1.29, 1.82) is 0 Å². The van der Waals surface area contributed by atoms with E-state index >= 15 is 0 Å². The Morgan fingerprint density at radius 1 is 1.14 bits per heavy atom. The number of nitrogens with zero attached hydrogens (tertiary/aromatic N) is 4. The predicted molar refractivity (Wildman–Crippen MR) is 140 cm³/mol. The zero-order valence-corrected chi connectivity index (χ0v) is 22.5. The predicted octanol–water partition coefficient (Wildman–Crippen LogP) is 4.08. The third-order valence-electron chi connectivity index (χ3n) is 5.66. The van der Waals surface area contributed by atoms with Crippen LogP contribution in [0.15, 0.2) is 36.7 Å². The van der Waals surface area contributed by atoms with Gasteiger partial charge in [-0.1, -0.05) is 50.0 Å². The lowest BCUT2D eigenvalue weighted by Gasteiger charge is -2.30. The number of aromatic amines is 1. The van der Waals surface area contributed by atoms with Gasteiger partial charge in [0, 0.05) is 27.8 Å². The standard InChI is InChI=1S/C25H37N5O4Si/c1-29(2)12-13-30(3)24(33-14-15-35(4,5)6)21-19(25(31)32)20-22(27-17-26-20)23(28-21)34-16-18-10-8-7-9-11-18/h7-11,17,24H,12-16H2,1-6H3,(H,26,27)(H,31,32). The first-order valence-electron chi connectivity index (χ1n) is 11.8. The van der Waals surface area contributed by atoms with Crippen molar-refractivity contribution >= 4 is 25.1 Å². The van der Waals surface area contributed by atoms with Crippen LogP contribution in [0.1, 0.15) is 27.8 Å². The summed E-state index contributed by atoms with van der Waals surface area (Å²) in [6, 6.07) is 10.7. The number of hydrogen-bond donors (Lipinski definition) is 2. The molecule has 0 saturated heterocycles. The molecule has 35 heavy (non-hydrogen) atoms. The second-order valence-corrected chi connectivity index (χ2v) is 15.8. The van der Waals surface area contributed by atoms with Crippen molar-refractivity contribution in [2.24, 2.45) is 0 Å². The van der Waals surface area contributed by atoms with Crippen molar-refractivity contribution in [3.8, 4) is 5.88 Å². The SMILES string of the molecule is CN(C)CCN(C)C(OCC[Si](C)(C)C)c1nc(OCc2ccccc2)c2nc[nH]c2c1C(=O)O. The van der Waals surface area contributed by atoms with Crippen molar-refractivity contribution < 1.29 is 19.4 Å². The summed E-state index contributed by atoms with van der Waals surface area (Å²) in [5, 5.41) is 10.2. The number of carboxylic acids is 1. The molecule has 0 aliphatic heterocycles. The van der Waals surface area contributed by atoms with Crippen molar-refractivity contribution in [2.75, 3.05) is 40.8 Å². The number of ether oxygens (including phenoxy) is 2. The van der Waals surface area contributed by atoms with Gasteiger partial charge in [0.2, 0.25) is 5.88 Å². The molecule has 0 fully saturated rings. The number of nitrogens with one attached hydrogen (secondary N) is 1. The van der Waals surface area contributed by atoms with Gasteiger partial charge < -0.3 is 24.5 Å². The monoisotopic (exact) mass is 499 g/mol. The van der Waals surface area contributed by atoms with Crippen LogP contribution in [0.3, 0.4) is 0 Å². The molecule has 0 spiro atoms. The fraction of sp³-hybridized carbons (Fsp3) is 0.480. The maximum atomic E-state index is 12.4. The van der Waals surface area contributed by atoms with E-state index in [1.807, 2.05) is 56.4 Å². The molecule has 1 atom stereocenters. The van der Waals surface area contributed by atoms with Crippen molar-refractivity contribution in [3.05, 3.63) is 53.5 Å². The number of fused-ring (bicyclic) bond motifs is 1. The lowest BCUT2D eigenvalue weighted by molar-refractivity contribution is -0.0500. The second kappa shape index (κ2) is 11.8. The lowest BCUT2D eigenvalue weighted by atomic mass is 10.1. The van der Waals surface area contributed by atoms with E-state index in [0.29, 0.717) is 36.5 Å². The van der Waals surface area contributed by atoms with Crippen LogP contribution in [0.2, 0.25) is 25.7 Å². The number of H-pyrrole nitrogens is 1. The summed E-state index contributed by atoms with van der Waals surface area (Å²) in [7, 11) is 4.58. The quantitative estimate of drug-likeness (QED) is 0.268. The van der Waals surface area contributed by atoms with Crippen LogP contribution in [-0.4, -0.2) is 84.7 Å². The number of aromatic nitrogens is 3. The molecule has 0 bridgehead atoms. The molecule has 2 N–H and O–H groups in total. The van der Waals surface area contributed by atoms with E-state index < -0.39 is 20.3 Å². The van der Waals surface area contributed by atoms with Gasteiger partial charge in [-0.3, -0.25) is 4.90 Å². The van der Waals surface area contributed by atoms with Crippen molar-refractivity contribution in [1.82, 2.24) is 24.8 Å². The molecule has 0 saturated carbocycles. The summed E-state index contributed by atoms with van der Waals surface area (Å²) in [6.45, 7) is 9.13. The number of likely N-dealkylation sites (N-methyl/N-ethyl adjacent to an activating group) is 2. The Balaban J connectivity index is 2.03. The normalized spacial score (nSPS) is 13.0. The minimum Gasteiger partial charge on any atom is -0.478 e. The van der Waals surface area contributed by atoms with Crippen LogP contribution in [0, 0.1) is 0 Å². The summed E-state index contributed by atoms with van der Waals surface area (Å²) in [5.41, 5.74) is 2.12. The number of rotatable bonds is 13. The number of hydrogen-bond acceptors (Lipinski definition) is 7. The first-order valence-corrected chi connectivity index (χ1v) is 15.5. The number of carbonyl (C=O) groups is 1. The molecule has 190 valence electrons. The first-order chi connectivity index (χ1) is 16.6. The minimum atomic E-state index is -1.35. The summed E-state index contributed by atoms with van der Waals surface area (Å²) in [5.74, 6) is -0.805. The molecule has 10 heteroatoms. The van der Waals surface area contributed by atoms with Crippen LogP contribution in [0.25, 0.3) is 11.0 Å². The van der Waals surface area contributed by atoms with Gasteiger partial charge in [0.15, 0.2) is 11.7 Å². The van der Waals surface area contributed by atoms with Gasteiger partial charge in [-0.25, -0.2) is 14.8 Å². The van der Waals surface area contributed by atoms with E-state index in [1.54, 1.807) is 0 Å². The highest BCUT2D eigenvalue weighted by atomic mass is 28.3. The molecule has 3 aromatic rings. The summed E-state index contributed by atoms with van der Waals surface area (Å²) in [4.78, 5) is 28.5. The van der Waals surface area contributed by atoms with E-state index in [4.69, 9.17) is 14.5 Å². The third kappa shape index (κ3) is 7.34. The average molecular weight is 500 g/mol. The summed E-state index contributed by atoms with van der Waals surface area (Å²) < 4.78 is 12.4. The Kier molecular flexibility index (Phi) is 9.01. The Bertz CT molecular complexity index is 1110. The molecule has 1 unspecified atom stereocenters. The number of benzene rings is 1. The van der Waals surface area contributed by atoms with E-state index in [-0.39, 0.29) is 11.4 Å². The van der Waals surface area contributed by atoms with E-state index in [2.05, 4.69) is 34.5 Å². The second-order valence-electron chi connectivity index (χ2n) is 10.2. The van der Waals surface area contributed by atoms with Gasteiger partial charge in [0.05, 0.1) is 11.8 Å². The van der Waals surface area contributed by atoms with Gasteiger partial charge in [0.25, 0.3) is 0 Å². The van der Waals surface area contributed by atoms with Gasteiger partial charge >= 0.3 is 5.97 Å². The fourth-order valence-electron chi connectivity index (χ4n) is 3.58. The molecule has 2 heterocycles. The highest BCUT2D eigenvalue weighted by molar-refractivity contribution is 6.76. The highest BCUT2D eigenvalue weighted by Crippen LogP contribution is 2.33. The fourth-order valence-corrected chi connectivity index (χ4v) is 4.31.